The van der Waals surface area contributed by atoms with Crippen molar-refractivity contribution < 1.29 is 9.18 Å². The van der Waals surface area contributed by atoms with Crippen LogP contribution in [0.4, 0.5) is 16.0 Å². The third-order valence-corrected chi connectivity index (χ3v) is 3.89. The van der Waals surface area contributed by atoms with Crippen molar-refractivity contribution in [3.8, 4) is 0 Å². The molecule has 5 nitrogen and oxygen atoms in total. The van der Waals surface area contributed by atoms with Gasteiger partial charge in [0.25, 0.3) is 5.91 Å². The number of halogens is 1. The van der Waals surface area contributed by atoms with Crippen molar-refractivity contribution in [1.29, 1.82) is 0 Å². The monoisotopic (exact) mass is 350 g/mol. The third kappa shape index (κ3) is 4.42. The van der Waals surface area contributed by atoms with Crippen LogP contribution in [-0.4, -0.2) is 15.9 Å². The van der Waals surface area contributed by atoms with Gasteiger partial charge in [0.05, 0.1) is 0 Å². The molecule has 0 aliphatic heterocycles. The highest BCUT2D eigenvalue weighted by Crippen LogP contribution is 2.17. The van der Waals surface area contributed by atoms with Gasteiger partial charge in [0.1, 0.15) is 11.5 Å². The molecule has 1 heterocycles. The minimum Gasteiger partial charge on any atom is -0.350 e. The molecule has 0 unspecified atom stereocenters. The van der Waals surface area contributed by atoms with Gasteiger partial charge in [-0.05, 0) is 54.8 Å². The molecule has 0 bridgehead atoms. The van der Waals surface area contributed by atoms with Crippen molar-refractivity contribution in [1.82, 2.24) is 9.97 Å². The minimum absolute atomic E-state index is 0.266. The Bertz CT molecular complexity index is 925. The average molecular weight is 350 g/mol. The van der Waals surface area contributed by atoms with Crippen molar-refractivity contribution in [3.63, 3.8) is 0 Å². The fraction of sp³-hybridized carbons (Fsp3) is 0.150. The molecule has 0 fully saturated rings. The van der Waals surface area contributed by atoms with Crippen LogP contribution in [0.3, 0.4) is 0 Å². The van der Waals surface area contributed by atoms with Crippen molar-refractivity contribution >= 4 is 17.5 Å². The van der Waals surface area contributed by atoms with E-state index in [1.807, 2.05) is 32.0 Å². The van der Waals surface area contributed by atoms with E-state index >= 15 is 0 Å². The quantitative estimate of drug-likeness (QED) is 0.727. The van der Waals surface area contributed by atoms with E-state index in [2.05, 4.69) is 20.6 Å². The van der Waals surface area contributed by atoms with E-state index in [9.17, 15) is 9.18 Å². The summed E-state index contributed by atoms with van der Waals surface area (Å²) in [4.78, 5) is 20.8. The lowest BCUT2D eigenvalue weighted by Crippen LogP contribution is -2.16. The molecule has 0 saturated carbocycles. The third-order valence-electron chi connectivity index (χ3n) is 3.89. The first-order valence-corrected chi connectivity index (χ1v) is 8.21. The zero-order valence-corrected chi connectivity index (χ0v) is 14.6. The largest absolute Gasteiger partial charge is 0.350 e. The SMILES string of the molecule is Cc1ccc(C)c(NC(=O)c2ccnc(NCc3ccc(F)cc3)n2)c1. The number of nitrogens with one attached hydrogen (secondary N) is 2. The van der Waals surface area contributed by atoms with Gasteiger partial charge in [-0.25, -0.2) is 14.4 Å². The van der Waals surface area contributed by atoms with Crippen molar-refractivity contribution in [2.45, 2.75) is 20.4 Å². The number of carbonyl (C=O) groups is 1. The number of amides is 1. The number of anilines is 2. The van der Waals surface area contributed by atoms with Gasteiger partial charge in [0.2, 0.25) is 5.95 Å². The topological polar surface area (TPSA) is 66.9 Å². The van der Waals surface area contributed by atoms with Crippen LogP contribution < -0.4 is 10.6 Å². The van der Waals surface area contributed by atoms with Crippen LogP contribution in [0.25, 0.3) is 0 Å². The maximum absolute atomic E-state index is 12.9. The predicted octanol–water partition coefficient (Wildman–Crippen LogP) is 4.10. The van der Waals surface area contributed by atoms with Crippen molar-refractivity contribution in [2.75, 3.05) is 10.6 Å². The lowest BCUT2D eigenvalue weighted by Gasteiger charge is -2.10. The summed E-state index contributed by atoms with van der Waals surface area (Å²) in [7, 11) is 0. The van der Waals surface area contributed by atoms with Gasteiger partial charge in [-0.2, -0.15) is 0 Å². The number of nitrogens with zero attached hydrogens (tertiary/aromatic N) is 2. The Balaban J connectivity index is 1.69. The second-order valence-electron chi connectivity index (χ2n) is 6.02. The number of carbonyl (C=O) groups excluding carboxylic acids is 1. The molecule has 2 aromatic carbocycles. The van der Waals surface area contributed by atoms with Crippen LogP contribution >= 0.6 is 0 Å². The van der Waals surface area contributed by atoms with E-state index in [4.69, 9.17) is 0 Å². The van der Waals surface area contributed by atoms with Gasteiger partial charge in [-0.3, -0.25) is 4.79 Å². The summed E-state index contributed by atoms with van der Waals surface area (Å²) >= 11 is 0. The molecule has 0 radical (unpaired) electrons. The van der Waals surface area contributed by atoms with Gasteiger partial charge in [-0.15, -0.1) is 0 Å². The van der Waals surface area contributed by atoms with E-state index in [1.165, 1.54) is 18.3 Å². The second kappa shape index (κ2) is 7.74. The molecule has 0 saturated heterocycles. The fourth-order valence-electron chi connectivity index (χ4n) is 2.41. The summed E-state index contributed by atoms with van der Waals surface area (Å²) in [5, 5.41) is 5.91. The molecule has 3 aromatic rings. The molecule has 132 valence electrons. The Morgan fingerprint density at radius 3 is 2.62 bits per heavy atom. The summed E-state index contributed by atoms with van der Waals surface area (Å²) in [5.41, 5.74) is 3.96. The van der Waals surface area contributed by atoms with Crippen molar-refractivity contribution in [3.05, 3.63) is 82.9 Å². The first-order valence-electron chi connectivity index (χ1n) is 8.21. The van der Waals surface area contributed by atoms with E-state index in [-0.39, 0.29) is 17.4 Å². The van der Waals surface area contributed by atoms with Crippen LogP contribution in [0.1, 0.15) is 27.2 Å². The highest BCUT2D eigenvalue weighted by atomic mass is 19.1. The van der Waals surface area contributed by atoms with E-state index < -0.39 is 0 Å². The highest BCUT2D eigenvalue weighted by molar-refractivity contribution is 6.03. The fourth-order valence-corrected chi connectivity index (χ4v) is 2.41. The molecule has 26 heavy (non-hydrogen) atoms. The average Bonchev–Trinajstić information content (AvgIpc) is 2.64. The molecule has 3 rings (SSSR count). The molecule has 1 amide bonds. The zero-order chi connectivity index (χ0) is 18.5. The summed E-state index contributed by atoms with van der Waals surface area (Å²) in [6, 6.07) is 13.6. The first-order chi connectivity index (χ1) is 12.5. The predicted molar refractivity (Wildman–Crippen MR) is 99.6 cm³/mol. The molecule has 6 heteroatoms. The molecule has 2 N–H and O–H groups in total. The van der Waals surface area contributed by atoms with E-state index in [0.717, 1.165) is 22.4 Å². The van der Waals surface area contributed by atoms with Crippen molar-refractivity contribution in [2.24, 2.45) is 0 Å². The Labute approximate surface area is 151 Å². The standard InChI is InChI=1S/C20H19FN4O/c1-13-3-4-14(2)18(11-13)24-19(26)17-9-10-22-20(25-17)23-12-15-5-7-16(21)8-6-15/h3-11H,12H2,1-2H3,(H,24,26)(H,22,23,25). The molecule has 0 aliphatic rings. The molecule has 1 aromatic heterocycles. The van der Waals surface area contributed by atoms with Gasteiger partial charge < -0.3 is 10.6 Å². The number of rotatable bonds is 5. The van der Waals surface area contributed by atoms with Crippen LogP contribution in [0.5, 0.6) is 0 Å². The number of hydrogen-bond acceptors (Lipinski definition) is 4. The van der Waals surface area contributed by atoms with Gasteiger partial charge in [-0.1, -0.05) is 24.3 Å². The van der Waals surface area contributed by atoms with Gasteiger partial charge in [0, 0.05) is 18.4 Å². The zero-order valence-electron chi connectivity index (χ0n) is 14.6. The Hall–Kier alpha value is -3.28. The molecular weight excluding hydrogens is 331 g/mol. The Morgan fingerprint density at radius 2 is 1.85 bits per heavy atom. The maximum Gasteiger partial charge on any atom is 0.274 e. The van der Waals surface area contributed by atoms with Crippen LogP contribution in [-0.2, 0) is 6.54 Å². The molecule has 0 atom stereocenters. The first kappa shape index (κ1) is 17.5. The van der Waals surface area contributed by atoms with E-state index in [0.29, 0.717) is 12.5 Å². The normalized spacial score (nSPS) is 10.4. The number of aromatic nitrogens is 2. The summed E-state index contributed by atoms with van der Waals surface area (Å²) in [6.45, 7) is 4.34. The lowest BCUT2D eigenvalue weighted by atomic mass is 10.1. The van der Waals surface area contributed by atoms with Crippen LogP contribution in [0, 0.1) is 19.7 Å². The molecule has 0 aliphatic carbocycles. The van der Waals surface area contributed by atoms with Gasteiger partial charge >= 0.3 is 0 Å². The summed E-state index contributed by atoms with van der Waals surface area (Å²) in [6.07, 6.45) is 1.53. The highest BCUT2D eigenvalue weighted by Gasteiger charge is 2.11. The Kier molecular flexibility index (Phi) is 5.22. The Morgan fingerprint density at radius 1 is 1.08 bits per heavy atom. The summed E-state index contributed by atoms with van der Waals surface area (Å²) in [5.74, 6) is -0.246. The van der Waals surface area contributed by atoms with Crippen LogP contribution in [0.2, 0.25) is 0 Å². The number of benzene rings is 2. The molecule has 0 spiro atoms. The number of aryl methyl sites for hydroxylation is 2. The number of hydrogen-bond donors (Lipinski definition) is 2. The maximum atomic E-state index is 12.9. The van der Waals surface area contributed by atoms with Gasteiger partial charge in [0.15, 0.2) is 0 Å². The van der Waals surface area contributed by atoms with E-state index in [1.54, 1.807) is 18.2 Å². The lowest BCUT2D eigenvalue weighted by molar-refractivity contribution is 0.102. The smallest absolute Gasteiger partial charge is 0.274 e. The summed E-state index contributed by atoms with van der Waals surface area (Å²) < 4.78 is 12.9. The van der Waals surface area contributed by atoms with Crippen LogP contribution in [0.15, 0.2) is 54.7 Å². The minimum atomic E-state index is -0.300. The molecular formula is C20H19FN4O. The second-order valence-corrected chi connectivity index (χ2v) is 6.02.